The third-order valence-electron chi connectivity index (χ3n) is 6.67. The fraction of sp³-hybridized carbons (Fsp3) is 0.440. The van der Waals surface area contributed by atoms with Crippen LogP contribution in [0.3, 0.4) is 0 Å². The first-order valence-corrected chi connectivity index (χ1v) is 11.2. The van der Waals surface area contributed by atoms with Crippen LogP contribution in [0.5, 0.6) is 5.75 Å². The fourth-order valence-electron chi connectivity index (χ4n) is 5.02. The van der Waals surface area contributed by atoms with Crippen molar-refractivity contribution in [3.05, 3.63) is 64.7 Å². The molecule has 1 saturated heterocycles. The molecule has 5 heteroatoms. The maximum atomic E-state index is 12.5. The highest BCUT2D eigenvalue weighted by molar-refractivity contribution is 6.21. The summed E-state index contributed by atoms with van der Waals surface area (Å²) < 4.78 is 6.37. The van der Waals surface area contributed by atoms with Gasteiger partial charge in [-0.1, -0.05) is 24.3 Å². The van der Waals surface area contributed by atoms with Crippen molar-refractivity contribution >= 4 is 11.8 Å². The Hall–Kier alpha value is -2.66. The lowest BCUT2D eigenvalue weighted by Gasteiger charge is -2.32. The Morgan fingerprint density at radius 1 is 0.867 bits per heavy atom. The third-order valence-corrected chi connectivity index (χ3v) is 6.67. The summed E-state index contributed by atoms with van der Waals surface area (Å²) in [5.41, 5.74) is 3.94. The second-order valence-electron chi connectivity index (χ2n) is 8.57. The number of ether oxygens (including phenoxy) is 1. The highest BCUT2D eigenvalue weighted by Gasteiger charge is 2.34. The van der Waals surface area contributed by atoms with Crippen molar-refractivity contribution in [1.82, 2.24) is 9.80 Å². The van der Waals surface area contributed by atoms with Crippen molar-refractivity contribution in [1.29, 1.82) is 0 Å². The number of nitrogens with zero attached hydrogens (tertiary/aromatic N) is 2. The first kappa shape index (κ1) is 19.3. The first-order chi connectivity index (χ1) is 14.7. The van der Waals surface area contributed by atoms with E-state index in [0.717, 1.165) is 51.1 Å². The molecular formula is C25H28N2O3. The van der Waals surface area contributed by atoms with Gasteiger partial charge < -0.3 is 9.64 Å². The molecule has 0 atom stereocenters. The zero-order valence-corrected chi connectivity index (χ0v) is 17.3. The highest BCUT2D eigenvalue weighted by atomic mass is 16.5. The second-order valence-corrected chi connectivity index (χ2v) is 8.57. The van der Waals surface area contributed by atoms with Gasteiger partial charge in [0, 0.05) is 19.6 Å². The lowest BCUT2D eigenvalue weighted by molar-refractivity contribution is 0.0637. The van der Waals surface area contributed by atoms with Gasteiger partial charge in [-0.2, -0.15) is 0 Å². The van der Waals surface area contributed by atoms with Gasteiger partial charge in [-0.25, -0.2) is 0 Å². The topological polar surface area (TPSA) is 49.9 Å². The fourth-order valence-corrected chi connectivity index (χ4v) is 5.02. The molecule has 2 aliphatic heterocycles. The van der Waals surface area contributed by atoms with E-state index >= 15 is 0 Å². The molecule has 0 N–H and O–H groups in total. The van der Waals surface area contributed by atoms with E-state index in [0.29, 0.717) is 17.7 Å². The predicted octanol–water partition coefficient (Wildman–Crippen LogP) is 3.70. The lowest BCUT2D eigenvalue weighted by Crippen LogP contribution is -2.40. The minimum Gasteiger partial charge on any atom is -0.490 e. The molecule has 0 saturated carbocycles. The van der Waals surface area contributed by atoms with Gasteiger partial charge in [0.05, 0.1) is 11.1 Å². The number of fused-ring (bicyclic) bond motifs is 2. The molecule has 1 aliphatic carbocycles. The summed E-state index contributed by atoms with van der Waals surface area (Å²) in [5, 5.41) is 0. The number of piperidine rings is 1. The molecule has 2 aromatic rings. The van der Waals surface area contributed by atoms with E-state index in [-0.39, 0.29) is 17.9 Å². The largest absolute Gasteiger partial charge is 0.490 e. The number of hydrogen-bond donors (Lipinski definition) is 0. The third kappa shape index (κ3) is 3.63. The smallest absolute Gasteiger partial charge is 0.261 e. The van der Waals surface area contributed by atoms with Crippen LogP contribution in [0.1, 0.15) is 57.5 Å². The molecule has 0 spiro atoms. The van der Waals surface area contributed by atoms with E-state index in [1.165, 1.54) is 28.9 Å². The summed E-state index contributed by atoms with van der Waals surface area (Å²) in [4.78, 5) is 28.7. The van der Waals surface area contributed by atoms with Crippen LogP contribution < -0.4 is 4.74 Å². The Kier molecular flexibility index (Phi) is 5.30. The number of hydrogen-bond acceptors (Lipinski definition) is 4. The Bertz CT molecular complexity index is 928. The molecule has 1 fully saturated rings. The van der Waals surface area contributed by atoms with Gasteiger partial charge in [-0.05, 0) is 74.4 Å². The first-order valence-electron chi connectivity index (χ1n) is 11.2. The number of imide groups is 1. The molecule has 0 aromatic heterocycles. The number of amides is 2. The van der Waals surface area contributed by atoms with Crippen LogP contribution in [-0.2, 0) is 12.8 Å². The molecule has 2 heterocycles. The van der Waals surface area contributed by atoms with Crippen molar-refractivity contribution < 1.29 is 14.3 Å². The van der Waals surface area contributed by atoms with Crippen LogP contribution in [0, 0.1) is 0 Å². The van der Waals surface area contributed by atoms with E-state index in [1.807, 2.05) is 12.1 Å². The van der Waals surface area contributed by atoms with Gasteiger partial charge in [0.25, 0.3) is 11.8 Å². The Labute approximate surface area is 177 Å². The summed E-state index contributed by atoms with van der Waals surface area (Å²) in [6.07, 6.45) is 6.70. The van der Waals surface area contributed by atoms with Crippen molar-refractivity contribution in [2.45, 2.75) is 44.6 Å². The standard InChI is InChI=1S/C25H28N2O3/c28-24-21-8-1-2-9-22(21)25(29)27(24)15-5-14-26-16-12-19(13-17-26)30-23-11-4-7-18-6-3-10-20(18)23/h1-2,4,7-9,11,19H,3,5-6,10,12-17H2. The molecular weight excluding hydrogens is 376 g/mol. The van der Waals surface area contributed by atoms with E-state index in [4.69, 9.17) is 4.74 Å². The highest BCUT2D eigenvalue weighted by Crippen LogP contribution is 2.32. The quantitative estimate of drug-likeness (QED) is 0.689. The maximum absolute atomic E-state index is 12.5. The van der Waals surface area contributed by atoms with E-state index < -0.39 is 0 Å². The van der Waals surface area contributed by atoms with Gasteiger partial charge in [-0.3, -0.25) is 14.5 Å². The minimum atomic E-state index is -0.155. The second kappa shape index (κ2) is 8.23. The Morgan fingerprint density at radius 2 is 1.60 bits per heavy atom. The van der Waals surface area contributed by atoms with Crippen LogP contribution in [-0.4, -0.2) is 53.9 Å². The molecule has 0 radical (unpaired) electrons. The molecule has 0 bridgehead atoms. The SMILES string of the molecule is O=C1c2ccccc2C(=O)N1CCCN1CCC(Oc2cccc3c2CCC3)CC1. The monoisotopic (exact) mass is 404 g/mol. The number of rotatable bonds is 6. The van der Waals surface area contributed by atoms with Gasteiger partial charge in [0.2, 0.25) is 0 Å². The summed E-state index contributed by atoms with van der Waals surface area (Å²) in [6, 6.07) is 13.6. The van der Waals surface area contributed by atoms with Crippen LogP contribution in [0.25, 0.3) is 0 Å². The molecule has 156 valence electrons. The minimum absolute atomic E-state index is 0.155. The lowest BCUT2D eigenvalue weighted by atomic mass is 10.1. The zero-order chi connectivity index (χ0) is 20.5. The van der Waals surface area contributed by atoms with Crippen molar-refractivity contribution in [3.63, 3.8) is 0 Å². The number of carbonyl (C=O) groups is 2. The van der Waals surface area contributed by atoms with Crippen LogP contribution in [0.15, 0.2) is 42.5 Å². The van der Waals surface area contributed by atoms with Gasteiger partial charge in [-0.15, -0.1) is 0 Å². The number of aryl methyl sites for hydroxylation is 1. The van der Waals surface area contributed by atoms with Gasteiger partial charge >= 0.3 is 0 Å². The normalized spacial score (nSPS) is 19.3. The molecule has 5 nitrogen and oxygen atoms in total. The van der Waals surface area contributed by atoms with E-state index in [2.05, 4.69) is 23.1 Å². The van der Waals surface area contributed by atoms with Crippen molar-refractivity contribution in [2.24, 2.45) is 0 Å². The molecule has 2 aromatic carbocycles. The summed E-state index contributed by atoms with van der Waals surface area (Å²) in [5.74, 6) is 0.783. The number of benzene rings is 2. The molecule has 3 aliphatic rings. The van der Waals surface area contributed by atoms with Crippen LogP contribution in [0.4, 0.5) is 0 Å². The van der Waals surface area contributed by atoms with Crippen molar-refractivity contribution in [2.75, 3.05) is 26.2 Å². The average Bonchev–Trinajstić information content (AvgIpc) is 3.35. The Balaban J connectivity index is 1.08. The van der Waals surface area contributed by atoms with Crippen LogP contribution >= 0.6 is 0 Å². The van der Waals surface area contributed by atoms with E-state index in [1.54, 1.807) is 12.1 Å². The zero-order valence-electron chi connectivity index (χ0n) is 17.3. The van der Waals surface area contributed by atoms with Gasteiger partial charge in [0.1, 0.15) is 11.9 Å². The maximum Gasteiger partial charge on any atom is 0.261 e. The van der Waals surface area contributed by atoms with Crippen LogP contribution in [0.2, 0.25) is 0 Å². The van der Waals surface area contributed by atoms with Gasteiger partial charge in [0.15, 0.2) is 0 Å². The predicted molar refractivity (Wildman–Crippen MR) is 115 cm³/mol. The molecule has 5 rings (SSSR count). The number of likely N-dealkylation sites (tertiary alicyclic amines) is 1. The average molecular weight is 405 g/mol. The van der Waals surface area contributed by atoms with E-state index in [9.17, 15) is 9.59 Å². The number of carbonyl (C=O) groups excluding carboxylic acids is 2. The summed E-state index contributed by atoms with van der Waals surface area (Å²) in [6.45, 7) is 3.39. The summed E-state index contributed by atoms with van der Waals surface area (Å²) in [7, 11) is 0. The Morgan fingerprint density at radius 3 is 2.33 bits per heavy atom. The molecule has 2 amide bonds. The molecule has 30 heavy (non-hydrogen) atoms. The van der Waals surface area contributed by atoms with Crippen molar-refractivity contribution in [3.8, 4) is 5.75 Å². The molecule has 0 unspecified atom stereocenters. The summed E-state index contributed by atoms with van der Waals surface area (Å²) >= 11 is 0.